The van der Waals surface area contributed by atoms with Gasteiger partial charge in [0.05, 0.1) is 5.56 Å². The van der Waals surface area contributed by atoms with Gasteiger partial charge >= 0.3 is 6.18 Å². The molecule has 7 nitrogen and oxygen atoms in total. The Hall–Kier alpha value is -2.62. The number of halogens is 3. The van der Waals surface area contributed by atoms with Gasteiger partial charge in [0.25, 0.3) is 0 Å². The Kier molecular flexibility index (Phi) is 9.11. The van der Waals surface area contributed by atoms with Crippen LogP contribution in [-0.4, -0.2) is 60.2 Å². The molecule has 0 bridgehead atoms. The predicted octanol–water partition coefficient (Wildman–Crippen LogP) is 3.69. The van der Waals surface area contributed by atoms with E-state index in [0.29, 0.717) is 56.3 Å². The fourth-order valence-corrected chi connectivity index (χ4v) is 3.84. The van der Waals surface area contributed by atoms with E-state index in [1.54, 1.807) is 6.07 Å². The van der Waals surface area contributed by atoms with Gasteiger partial charge in [-0.05, 0) is 44.0 Å². The lowest BCUT2D eigenvalue weighted by atomic mass is 10.1. The molecule has 1 amide bonds. The Morgan fingerprint density at radius 2 is 1.94 bits per heavy atom. The Balaban J connectivity index is 1.27. The van der Waals surface area contributed by atoms with Gasteiger partial charge in [0.1, 0.15) is 0 Å². The molecule has 0 spiro atoms. The average Bonchev–Trinajstić information content (AvgIpc) is 3.24. The van der Waals surface area contributed by atoms with Crippen LogP contribution in [-0.2, 0) is 23.8 Å². The molecule has 1 aromatic heterocycles. The van der Waals surface area contributed by atoms with Crippen molar-refractivity contribution in [3.05, 3.63) is 41.5 Å². The second-order valence-corrected chi connectivity index (χ2v) is 8.29. The van der Waals surface area contributed by atoms with Crippen LogP contribution in [0.15, 0.2) is 28.8 Å². The zero-order valence-electron chi connectivity index (χ0n) is 19.0. The molecule has 1 aliphatic heterocycles. The molecule has 1 fully saturated rings. The fraction of sp³-hybridized carbons (Fsp3) is 0.609. The number of aromatic nitrogens is 2. The SMILES string of the molecule is CCCc1noc(CCCC(=O)NCCCN2CCN(c3cccc(C(F)(F)F)c3)CC2)n1. The van der Waals surface area contributed by atoms with E-state index < -0.39 is 11.7 Å². The molecular weight excluding hydrogens is 435 g/mol. The lowest BCUT2D eigenvalue weighted by Crippen LogP contribution is -2.47. The standard InChI is InChI=1S/C23H32F3N5O2/c1-2-6-20-28-22(33-29-20)10-4-9-21(32)27-11-5-12-30-13-15-31(16-14-30)19-8-3-7-18(17-19)23(24,25)26/h3,7-8,17H,2,4-6,9-16H2,1H3,(H,27,32). The summed E-state index contributed by atoms with van der Waals surface area (Å²) in [5, 5.41) is 6.84. The van der Waals surface area contributed by atoms with Crippen molar-refractivity contribution in [1.82, 2.24) is 20.4 Å². The van der Waals surface area contributed by atoms with E-state index in [4.69, 9.17) is 4.52 Å². The molecule has 0 radical (unpaired) electrons. The highest BCUT2D eigenvalue weighted by Crippen LogP contribution is 2.31. The Morgan fingerprint density at radius 3 is 2.67 bits per heavy atom. The van der Waals surface area contributed by atoms with Gasteiger partial charge in [0.2, 0.25) is 11.8 Å². The predicted molar refractivity (Wildman–Crippen MR) is 119 cm³/mol. The lowest BCUT2D eigenvalue weighted by Gasteiger charge is -2.36. The van der Waals surface area contributed by atoms with Crippen LogP contribution >= 0.6 is 0 Å². The molecule has 10 heteroatoms. The minimum atomic E-state index is -4.33. The number of alkyl halides is 3. The Bertz CT molecular complexity index is 879. The summed E-state index contributed by atoms with van der Waals surface area (Å²) in [5.41, 5.74) is -0.00430. The summed E-state index contributed by atoms with van der Waals surface area (Å²) in [6.07, 6.45) is -0.0532. The van der Waals surface area contributed by atoms with Crippen LogP contribution in [0.4, 0.5) is 18.9 Å². The number of anilines is 1. The number of hydrogen-bond donors (Lipinski definition) is 1. The second-order valence-electron chi connectivity index (χ2n) is 8.29. The molecule has 0 atom stereocenters. The molecule has 3 rings (SSSR count). The number of aryl methyl sites for hydroxylation is 2. The minimum Gasteiger partial charge on any atom is -0.369 e. The highest BCUT2D eigenvalue weighted by Gasteiger charge is 2.31. The van der Waals surface area contributed by atoms with E-state index in [2.05, 4.69) is 27.3 Å². The summed E-state index contributed by atoms with van der Waals surface area (Å²) in [7, 11) is 0. The monoisotopic (exact) mass is 467 g/mol. The fourth-order valence-electron chi connectivity index (χ4n) is 3.84. The van der Waals surface area contributed by atoms with E-state index in [1.807, 2.05) is 4.90 Å². The van der Waals surface area contributed by atoms with Crippen molar-refractivity contribution in [3.63, 3.8) is 0 Å². The third kappa shape index (κ3) is 8.03. The molecule has 1 N–H and O–H groups in total. The highest BCUT2D eigenvalue weighted by molar-refractivity contribution is 5.75. The number of carbonyl (C=O) groups excluding carboxylic acids is 1. The molecule has 0 unspecified atom stereocenters. The first-order chi connectivity index (χ1) is 15.8. The molecule has 33 heavy (non-hydrogen) atoms. The molecule has 2 heterocycles. The maximum atomic E-state index is 12.9. The summed E-state index contributed by atoms with van der Waals surface area (Å²) in [5.74, 6) is 1.31. The van der Waals surface area contributed by atoms with Crippen molar-refractivity contribution in [2.24, 2.45) is 0 Å². The first-order valence-electron chi connectivity index (χ1n) is 11.6. The molecule has 0 aliphatic carbocycles. The van der Waals surface area contributed by atoms with Gasteiger partial charge in [-0.3, -0.25) is 9.69 Å². The summed E-state index contributed by atoms with van der Waals surface area (Å²) in [6.45, 7) is 6.45. The van der Waals surface area contributed by atoms with Gasteiger partial charge in [-0.25, -0.2) is 0 Å². The quantitative estimate of drug-likeness (QED) is 0.508. The summed E-state index contributed by atoms with van der Waals surface area (Å²) < 4.78 is 44.0. The number of rotatable bonds is 11. The largest absolute Gasteiger partial charge is 0.416 e. The summed E-state index contributed by atoms with van der Waals surface area (Å²) >= 11 is 0. The van der Waals surface area contributed by atoms with Crippen molar-refractivity contribution in [1.29, 1.82) is 0 Å². The van der Waals surface area contributed by atoms with Gasteiger partial charge < -0.3 is 14.7 Å². The third-order valence-corrected chi connectivity index (χ3v) is 5.66. The second kappa shape index (κ2) is 12.0. The average molecular weight is 468 g/mol. The number of carbonyl (C=O) groups is 1. The van der Waals surface area contributed by atoms with Gasteiger partial charge in [0, 0.05) is 57.7 Å². The van der Waals surface area contributed by atoms with Crippen molar-refractivity contribution in [3.8, 4) is 0 Å². The Labute approximate surface area is 192 Å². The van der Waals surface area contributed by atoms with Crippen molar-refractivity contribution in [2.75, 3.05) is 44.2 Å². The van der Waals surface area contributed by atoms with Crippen LogP contribution in [0.5, 0.6) is 0 Å². The van der Waals surface area contributed by atoms with Crippen LogP contribution in [0.3, 0.4) is 0 Å². The van der Waals surface area contributed by atoms with E-state index in [0.717, 1.165) is 45.0 Å². The maximum Gasteiger partial charge on any atom is 0.416 e. The molecular formula is C23H32F3N5O2. The molecule has 1 aliphatic rings. The van der Waals surface area contributed by atoms with Crippen LogP contribution in [0.25, 0.3) is 0 Å². The molecule has 2 aromatic rings. The first kappa shape index (κ1) is 25.0. The smallest absolute Gasteiger partial charge is 0.369 e. The number of nitrogens with one attached hydrogen (secondary N) is 1. The van der Waals surface area contributed by atoms with Crippen molar-refractivity contribution < 1.29 is 22.5 Å². The van der Waals surface area contributed by atoms with Crippen molar-refractivity contribution >= 4 is 11.6 Å². The Morgan fingerprint density at radius 1 is 1.15 bits per heavy atom. The van der Waals surface area contributed by atoms with E-state index in [-0.39, 0.29) is 5.91 Å². The van der Waals surface area contributed by atoms with Crippen LogP contribution in [0, 0.1) is 0 Å². The molecule has 1 aromatic carbocycles. The van der Waals surface area contributed by atoms with E-state index in [1.165, 1.54) is 12.1 Å². The molecule has 0 saturated carbocycles. The summed E-state index contributed by atoms with van der Waals surface area (Å²) in [6, 6.07) is 5.50. The number of amides is 1. The highest BCUT2D eigenvalue weighted by atomic mass is 19.4. The van der Waals surface area contributed by atoms with E-state index >= 15 is 0 Å². The molecule has 182 valence electrons. The van der Waals surface area contributed by atoms with Crippen LogP contribution < -0.4 is 10.2 Å². The van der Waals surface area contributed by atoms with E-state index in [9.17, 15) is 18.0 Å². The number of benzene rings is 1. The zero-order valence-corrected chi connectivity index (χ0v) is 19.0. The third-order valence-electron chi connectivity index (χ3n) is 5.66. The minimum absolute atomic E-state index is 0.0117. The van der Waals surface area contributed by atoms with Gasteiger partial charge in [-0.2, -0.15) is 18.2 Å². The van der Waals surface area contributed by atoms with Crippen molar-refractivity contribution in [2.45, 2.75) is 51.6 Å². The zero-order chi connectivity index (χ0) is 23.7. The number of nitrogens with zero attached hydrogens (tertiary/aromatic N) is 4. The maximum absolute atomic E-state index is 12.9. The van der Waals surface area contributed by atoms with Gasteiger partial charge in [0.15, 0.2) is 5.82 Å². The normalized spacial score (nSPS) is 15.1. The van der Waals surface area contributed by atoms with Crippen LogP contribution in [0.1, 0.15) is 49.9 Å². The summed E-state index contributed by atoms with van der Waals surface area (Å²) in [4.78, 5) is 20.6. The number of piperazine rings is 1. The first-order valence-corrected chi connectivity index (χ1v) is 11.6. The molecule has 1 saturated heterocycles. The number of hydrogen-bond acceptors (Lipinski definition) is 6. The van der Waals surface area contributed by atoms with Gasteiger partial charge in [-0.1, -0.05) is 18.1 Å². The topological polar surface area (TPSA) is 74.5 Å². The van der Waals surface area contributed by atoms with Crippen LogP contribution in [0.2, 0.25) is 0 Å². The lowest BCUT2D eigenvalue weighted by molar-refractivity contribution is -0.137. The van der Waals surface area contributed by atoms with Gasteiger partial charge in [-0.15, -0.1) is 0 Å².